The number of hydrogen-bond acceptors (Lipinski definition) is 5. The van der Waals surface area contributed by atoms with Gasteiger partial charge in [0.15, 0.2) is 0 Å². The number of hydrogen-bond donors (Lipinski definition) is 0. The monoisotopic (exact) mass is 637 g/mol. The van der Waals surface area contributed by atoms with Crippen LogP contribution in [0.3, 0.4) is 0 Å². The van der Waals surface area contributed by atoms with Crippen molar-refractivity contribution in [2.24, 2.45) is 11.8 Å². The third kappa shape index (κ3) is 33.3. The molecule has 1 saturated heterocycles. The molecule has 2 aliphatic rings. The van der Waals surface area contributed by atoms with Crippen LogP contribution in [-0.2, 0) is 4.74 Å². The lowest BCUT2D eigenvalue weighted by molar-refractivity contribution is 0.0238. The zero-order valence-corrected chi connectivity index (χ0v) is 31.8. The summed E-state index contributed by atoms with van der Waals surface area (Å²) in [7, 11) is 0. The minimum atomic E-state index is 0. The molecule has 1 saturated carbocycles. The summed E-state index contributed by atoms with van der Waals surface area (Å²) < 4.78 is 5.21. The average molecular weight is 637 g/mol. The normalized spacial score (nSPS) is 13.2. The first-order valence-electron chi connectivity index (χ1n) is 17.7. The molecule has 2 aromatic rings. The van der Waals surface area contributed by atoms with Gasteiger partial charge in [-0.3, -0.25) is 19.9 Å². The fourth-order valence-corrected chi connectivity index (χ4v) is 4.04. The first-order chi connectivity index (χ1) is 20.7. The molecular formula is C40H84N4O. The van der Waals surface area contributed by atoms with Crippen LogP contribution in [0.1, 0.15) is 175 Å². The van der Waals surface area contributed by atoms with Crippen LogP contribution in [0.15, 0.2) is 43.0 Å². The van der Waals surface area contributed by atoms with E-state index < -0.39 is 0 Å². The molecule has 0 bridgehead atoms. The molecule has 270 valence electrons. The summed E-state index contributed by atoms with van der Waals surface area (Å²) in [6.07, 6.45) is 13.0. The van der Waals surface area contributed by atoms with E-state index in [1.165, 1.54) is 25.7 Å². The van der Waals surface area contributed by atoms with Crippen molar-refractivity contribution in [1.29, 1.82) is 0 Å². The SMILES string of the molecule is C.C.CC.CC.CC.CC.CC(C)C1CCCC1.CC(C)N1CCOCC1.CC(C)c1ccccn1.CC(C)c1cnccn1. The Morgan fingerprint density at radius 2 is 1.11 bits per heavy atom. The van der Waals surface area contributed by atoms with Crippen LogP contribution in [0.4, 0.5) is 0 Å². The Balaban J connectivity index is -0.000000103. The van der Waals surface area contributed by atoms with Crippen molar-refractivity contribution in [3.05, 3.63) is 54.4 Å². The van der Waals surface area contributed by atoms with Crippen molar-refractivity contribution >= 4 is 0 Å². The van der Waals surface area contributed by atoms with E-state index in [1.54, 1.807) is 18.6 Å². The molecule has 2 aromatic heterocycles. The molecule has 0 spiro atoms. The third-order valence-corrected chi connectivity index (χ3v) is 6.57. The van der Waals surface area contributed by atoms with Crippen molar-refractivity contribution in [3.63, 3.8) is 0 Å². The molecule has 5 heteroatoms. The van der Waals surface area contributed by atoms with Gasteiger partial charge in [-0.25, -0.2) is 0 Å². The summed E-state index contributed by atoms with van der Waals surface area (Å²) in [4.78, 5) is 14.7. The van der Waals surface area contributed by atoms with E-state index in [2.05, 4.69) is 75.2 Å². The second kappa shape index (κ2) is 42.1. The molecule has 4 rings (SSSR count). The molecule has 0 unspecified atom stereocenters. The lowest BCUT2D eigenvalue weighted by atomic mass is 9.95. The molecule has 5 nitrogen and oxygen atoms in total. The van der Waals surface area contributed by atoms with Gasteiger partial charge in [-0.05, 0) is 49.7 Å². The molecule has 3 heterocycles. The Bertz CT molecular complexity index is 681. The summed E-state index contributed by atoms with van der Waals surface area (Å²) in [5, 5.41) is 0. The molecule has 0 atom stereocenters. The topological polar surface area (TPSA) is 51.1 Å². The number of pyridine rings is 1. The number of ether oxygens (including phenoxy) is 1. The maximum Gasteiger partial charge on any atom is 0.0612 e. The van der Waals surface area contributed by atoms with Crippen LogP contribution in [0.25, 0.3) is 0 Å². The summed E-state index contributed by atoms with van der Waals surface area (Å²) in [6, 6.07) is 6.69. The Labute approximate surface area is 285 Å². The fourth-order valence-electron chi connectivity index (χ4n) is 4.04. The Hall–Kier alpha value is -1.85. The second-order valence-electron chi connectivity index (χ2n) is 10.7. The van der Waals surface area contributed by atoms with Gasteiger partial charge in [-0.1, -0.05) is 144 Å². The van der Waals surface area contributed by atoms with Crippen LogP contribution in [-0.4, -0.2) is 52.2 Å². The van der Waals surface area contributed by atoms with E-state index in [1.807, 2.05) is 79.8 Å². The molecule has 0 aromatic carbocycles. The minimum absolute atomic E-state index is 0. The first kappa shape index (κ1) is 55.5. The lowest BCUT2D eigenvalue weighted by Crippen LogP contribution is -2.40. The zero-order valence-electron chi connectivity index (χ0n) is 31.8. The highest BCUT2D eigenvalue weighted by atomic mass is 16.5. The average Bonchev–Trinajstić information content (AvgIpc) is 3.63. The van der Waals surface area contributed by atoms with Gasteiger partial charge < -0.3 is 4.74 Å². The summed E-state index contributed by atoms with van der Waals surface area (Å²) in [6.45, 7) is 37.7. The Morgan fingerprint density at radius 3 is 1.36 bits per heavy atom. The van der Waals surface area contributed by atoms with E-state index in [9.17, 15) is 0 Å². The van der Waals surface area contributed by atoms with Crippen LogP contribution < -0.4 is 0 Å². The predicted molar refractivity (Wildman–Crippen MR) is 208 cm³/mol. The van der Waals surface area contributed by atoms with Crippen LogP contribution in [0.5, 0.6) is 0 Å². The Kier molecular flexibility index (Phi) is 52.0. The molecule has 2 fully saturated rings. The molecule has 0 radical (unpaired) electrons. The summed E-state index contributed by atoms with van der Waals surface area (Å²) in [5.74, 6) is 3.04. The van der Waals surface area contributed by atoms with Gasteiger partial charge in [-0.2, -0.15) is 0 Å². The molecule has 1 aliphatic heterocycles. The van der Waals surface area contributed by atoms with Gasteiger partial charge in [-0.15, -0.1) is 0 Å². The van der Waals surface area contributed by atoms with Crippen molar-refractivity contribution < 1.29 is 4.74 Å². The molecular weight excluding hydrogens is 552 g/mol. The highest BCUT2D eigenvalue weighted by molar-refractivity contribution is 5.06. The summed E-state index contributed by atoms with van der Waals surface area (Å²) in [5.41, 5.74) is 2.22. The number of rotatable bonds is 4. The van der Waals surface area contributed by atoms with Crippen LogP contribution >= 0.6 is 0 Å². The first-order valence-corrected chi connectivity index (χ1v) is 17.7. The van der Waals surface area contributed by atoms with Crippen molar-refractivity contribution in [2.75, 3.05) is 26.3 Å². The highest BCUT2D eigenvalue weighted by Gasteiger charge is 2.17. The third-order valence-electron chi connectivity index (χ3n) is 6.57. The second-order valence-corrected chi connectivity index (χ2v) is 10.7. The quantitative estimate of drug-likeness (QED) is 0.334. The minimum Gasteiger partial charge on any atom is -0.379 e. The largest absolute Gasteiger partial charge is 0.379 e. The standard InChI is InChI=1S/C8H11N.C8H16.C7H10N2.C7H15NO.4C2H6.2CH4/c1-7(2)8-5-3-4-6-9-8;1-7(2)8-5-3-4-6-8;1-6(2)7-5-8-3-4-9-7;1-7(2)8-3-5-9-6-4-8;4*1-2;;/h3-7H,1-2H3;7-8H,3-6H2,1-2H3;3-6H,1-2H3;7H,3-6H2,1-2H3;4*1-2H3;2*1H4. The van der Waals surface area contributed by atoms with Gasteiger partial charge >= 0.3 is 0 Å². The van der Waals surface area contributed by atoms with Crippen molar-refractivity contribution in [2.45, 2.75) is 169 Å². The molecule has 1 aliphatic carbocycles. The van der Waals surface area contributed by atoms with Gasteiger partial charge in [0.25, 0.3) is 0 Å². The van der Waals surface area contributed by atoms with E-state index in [0.717, 1.165) is 49.5 Å². The highest BCUT2D eigenvalue weighted by Crippen LogP contribution is 2.30. The molecule has 45 heavy (non-hydrogen) atoms. The van der Waals surface area contributed by atoms with Gasteiger partial charge in [0.2, 0.25) is 0 Å². The van der Waals surface area contributed by atoms with E-state index in [0.29, 0.717) is 17.9 Å². The van der Waals surface area contributed by atoms with Crippen LogP contribution in [0, 0.1) is 11.8 Å². The smallest absolute Gasteiger partial charge is 0.0612 e. The number of morpholine rings is 1. The van der Waals surface area contributed by atoms with E-state index in [4.69, 9.17) is 4.74 Å². The maximum atomic E-state index is 5.21. The van der Waals surface area contributed by atoms with Crippen molar-refractivity contribution in [3.8, 4) is 0 Å². The molecule has 0 amide bonds. The van der Waals surface area contributed by atoms with Gasteiger partial charge in [0.1, 0.15) is 0 Å². The van der Waals surface area contributed by atoms with Crippen LogP contribution in [0.2, 0.25) is 0 Å². The summed E-state index contributed by atoms with van der Waals surface area (Å²) >= 11 is 0. The van der Waals surface area contributed by atoms with Gasteiger partial charge in [0.05, 0.1) is 18.9 Å². The maximum absolute atomic E-state index is 5.21. The fraction of sp³-hybridized carbons (Fsp3) is 0.775. The Morgan fingerprint density at radius 1 is 0.644 bits per heavy atom. The number of nitrogens with zero attached hydrogens (tertiary/aromatic N) is 4. The van der Waals surface area contributed by atoms with E-state index in [-0.39, 0.29) is 14.9 Å². The number of aromatic nitrogens is 3. The zero-order chi connectivity index (χ0) is 34.1. The van der Waals surface area contributed by atoms with Crippen molar-refractivity contribution in [1.82, 2.24) is 19.9 Å². The molecule has 0 N–H and O–H groups in total. The predicted octanol–water partition coefficient (Wildman–Crippen LogP) is 12.7. The van der Waals surface area contributed by atoms with Gasteiger partial charge in [0, 0.05) is 49.6 Å². The lowest BCUT2D eigenvalue weighted by Gasteiger charge is -2.29. The van der Waals surface area contributed by atoms with E-state index >= 15 is 0 Å².